The lowest BCUT2D eigenvalue weighted by Gasteiger charge is -2.08. The monoisotopic (exact) mass is 399 g/mol. The predicted molar refractivity (Wildman–Crippen MR) is 115 cm³/mol. The highest BCUT2D eigenvalue weighted by Gasteiger charge is 2.16. The first-order valence-electron chi connectivity index (χ1n) is 10.1. The zero-order chi connectivity index (χ0) is 20.5. The summed E-state index contributed by atoms with van der Waals surface area (Å²) in [6, 6.07) is 17.8. The van der Waals surface area contributed by atoms with Crippen LogP contribution < -0.4 is 5.32 Å². The number of benzene rings is 3. The lowest BCUT2D eigenvalue weighted by atomic mass is 10.0. The molecule has 0 fully saturated rings. The number of hydrogen-bond acceptors (Lipinski definition) is 4. The minimum Gasteiger partial charge on any atom is -0.464 e. The van der Waals surface area contributed by atoms with E-state index in [-0.39, 0.29) is 18.9 Å². The van der Waals surface area contributed by atoms with Crippen molar-refractivity contribution in [2.75, 3.05) is 11.9 Å². The van der Waals surface area contributed by atoms with Crippen LogP contribution in [0.25, 0.3) is 21.7 Å². The third kappa shape index (κ3) is 3.54. The van der Waals surface area contributed by atoms with Crippen LogP contribution in [0.15, 0.2) is 65.3 Å². The van der Waals surface area contributed by atoms with Crippen molar-refractivity contribution in [3.8, 4) is 0 Å². The highest BCUT2D eigenvalue weighted by molar-refractivity contribution is 6.08. The Hall–Kier alpha value is -3.60. The van der Waals surface area contributed by atoms with Crippen LogP contribution in [-0.4, -0.2) is 18.5 Å². The highest BCUT2D eigenvalue weighted by atomic mass is 16.5. The van der Waals surface area contributed by atoms with E-state index in [0.29, 0.717) is 0 Å². The number of carbonyl (C=O) groups excluding carboxylic acids is 2. The number of ether oxygens (including phenoxy) is 1. The molecular formula is C25H21NO4. The minimum absolute atomic E-state index is 0.0487. The van der Waals surface area contributed by atoms with Crippen molar-refractivity contribution in [3.05, 3.63) is 77.6 Å². The van der Waals surface area contributed by atoms with Gasteiger partial charge >= 0.3 is 5.97 Å². The lowest BCUT2D eigenvalue weighted by Crippen LogP contribution is -2.21. The van der Waals surface area contributed by atoms with Gasteiger partial charge in [-0.25, -0.2) is 0 Å². The van der Waals surface area contributed by atoms with Gasteiger partial charge in [-0.05, 0) is 59.4 Å². The molecule has 5 nitrogen and oxygen atoms in total. The zero-order valence-corrected chi connectivity index (χ0v) is 16.4. The number of esters is 1. The molecule has 0 saturated heterocycles. The standard InChI is InChI=1S/C25H21NO4/c27-23(26-20-10-8-16-5-3-6-18(16)12-20)15-30-24(28)13-19-14-29-22-11-9-17-4-1-2-7-21(17)25(19)22/h1-2,4,7-12,14H,3,5-6,13,15H2,(H,26,27). The van der Waals surface area contributed by atoms with Crippen molar-refractivity contribution in [2.45, 2.75) is 25.7 Å². The molecule has 1 heterocycles. The Labute approximate surface area is 173 Å². The number of aryl methyl sites for hydroxylation is 2. The summed E-state index contributed by atoms with van der Waals surface area (Å²) in [6.45, 7) is -0.313. The van der Waals surface area contributed by atoms with Gasteiger partial charge in [0.2, 0.25) is 0 Å². The van der Waals surface area contributed by atoms with Crippen LogP contribution in [0.5, 0.6) is 0 Å². The van der Waals surface area contributed by atoms with Crippen LogP contribution in [0.4, 0.5) is 5.69 Å². The number of anilines is 1. The molecule has 0 bridgehead atoms. The predicted octanol–water partition coefficient (Wildman–Crippen LogP) is 4.80. The third-order valence-corrected chi connectivity index (χ3v) is 5.62. The number of carbonyl (C=O) groups is 2. The first kappa shape index (κ1) is 18.4. The summed E-state index contributed by atoms with van der Waals surface area (Å²) in [5.41, 5.74) is 4.85. The fourth-order valence-corrected chi connectivity index (χ4v) is 4.20. The molecule has 5 heteroatoms. The Morgan fingerprint density at radius 3 is 2.80 bits per heavy atom. The second kappa shape index (κ2) is 7.67. The fraction of sp³-hybridized carbons (Fsp3) is 0.200. The number of nitrogens with one attached hydrogen (secondary N) is 1. The van der Waals surface area contributed by atoms with Gasteiger partial charge in [0.1, 0.15) is 5.58 Å². The molecule has 0 atom stereocenters. The topological polar surface area (TPSA) is 68.5 Å². The van der Waals surface area contributed by atoms with Crippen LogP contribution in [0.2, 0.25) is 0 Å². The molecule has 0 aliphatic heterocycles. The van der Waals surface area contributed by atoms with Crippen molar-refractivity contribution < 1.29 is 18.7 Å². The summed E-state index contributed by atoms with van der Waals surface area (Å²) in [4.78, 5) is 24.6. The second-order valence-electron chi connectivity index (χ2n) is 7.64. The summed E-state index contributed by atoms with van der Waals surface area (Å²) in [5.74, 6) is -0.807. The number of hydrogen-bond donors (Lipinski definition) is 1. The Morgan fingerprint density at radius 2 is 1.87 bits per heavy atom. The van der Waals surface area contributed by atoms with E-state index >= 15 is 0 Å². The van der Waals surface area contributed by atoms with Gasteiger partial charge in [0.15, 0.2) is 6.61 Å². The fourth-order valence-electron chi connectivity index (χ4n) is 4.20. The van der Waals surface area contributed by atoms with E-state index in [0.717, 1.165) is 52.3 Å². The molecule has 3 aromatic carbocycles. The number of fused-ring (bicyclic) bond motifs is 4. The van der Waals surface area contributed by atoms with Crippen molar-refractivity contribution in [3.63, 3.8) is 0 Å². The van der Waals surface area contributed by atoms with Crippen LogP contribution in [0.3, 0.4) is 0 Å². The molecule has 1 aromatic heterocycles. The second-order valence-corrected chi connectivity index (χ2v) is 7.64. The van der Waals surface area contributed by atoms with Crippen molar-refractivity contribution in [1.29, 1.82) is 0 Å². The molecule has 150 valence electrons. The summed E-state index contributed by atoms with van der Waals surface area (Å²) >= 11 is 0. The lowest BCUT2D eigenvalue weighted by molar-refractivity contribution is -0.146. The maximum absolute atomic E-state index is 12.4. The average Bonchev–Trinajstić information content (AvgIpc) is 3.39. The van der Waals surface area contributed by atoms with Crippen LogP contribution in [0, 0.1) is 0 Å². The smallest absolute Gasteiger partial charge is 0.310 e. The SMILES string of the molecule is O=C(COC(=O)Cc1coc2ccc3ccccc3c12)Nc1ccc2c(c1)CCC2. The number of furan rings is 1. The normalized spacial score (nSPS) is 12.8. The highest BCUT2D eigenvalue weighted by Crippen LogP contribution is 2.30. The molecule has 30 heavy (non-hydrogen) atoms. The van der Waals surface area contributed by atoms with E-state index in [1.54, 1.807) is 6.26 Å². The first-order chi connectivity index (χ1) is 14.7. The Kier molecular flexibility index (Phi) is 4.71. The molecule has 1 N–H and O–H groups in total. The van der Waals surface area contributed by atoms with Crippen molar-refractivity contribution >= 4 is 39.3 Å². The number of rotatable bonds is 5. The van der Waals surface area contributed by atoms with E-state index in [1.807, 2.05) is 48.5 Å². The average molecular weight is 399 g/mol. The van der Waals surface area contributed by atoms with Crippen molar-refractivity contribution in [2.24, 2.45) is 0 Å². The molecule has 1 aliphatic rings. The van der Waals surface area contributed by atoms with E-state index in [2.05, 4.69) is 11.4 Å². The summed E-state index contributed by atoms with van der Waals surface area (Å²) in [7, 11) is 0. The van der Waals surface area contributed by atoms with Gasteiger partial charge in [-0.1, -0.05) is 36.4 Å². The minimum atomic E-state index is -0.463. The van der Waals surface area contributed by atoms with E-state index in [4.69, 9.17) is 9.15 Å². The van der Waals surface area contributed by atoms with E-state index in [9.17, 15) is 9.59 Å². The summed E-state index contributed by atoms with van der Waals surface area (Å²) < 4.78 is 10.8. The Bertz CT molecular complexity index is 1270. The van der Waals surface area contributed by atoms with Gasteiger partial charge in [0, 0.05) is 16.6 Å². The molecular weight excluding hydrogens is 378 g/mol. The van der Waals surface area contributed by atoms with Crippen LogP contribution in [0.1, 0.15) is 23.1 Å². The molecule has 4 aromatic rings. The maximum atomic E-state index is 12.4. The maximum Gasteiger partial charge on any atom is 0.310 e. The molecule has 0 saturated carbocycles. The molecule has 1 aliphatic carbocycles. The van der Waals surface area contributed by atoms with Gasteiger partial charge in [-0.2, -0.15) is 0 Å². The quantitative estimate of drug-likeness (QED) is 0.490. The van der Waals surface area contributed by atoms with Crippen LogP contribution in [-0.2, 0) is 33.6 Å². The van der Waals surface area contributed by atoms with E-state index in [1.165, 1.54) is 11.1 Å². The first-order valence-corrected chi connectivity index (χ1v) is 10.1. The van der Waals surface area contributed by atoms with Gasteiger partial charge in [0.25, 0.3) is 5.91 Å². The van der Waals surface area contributed by atoms with E-state index < -0.39 is 5.97 Å². The third-order valence-electron chi connectivity index (χ3n) is 5.62. The molecule has 1 amide bonds. The number of amides is 1. The van der Waals surface area contributed by atoms with Gasteiger partial charge < -0.3 is 14.5 Å². The largest absolute Gasteiger partial charge is 0.464 e. The van der Waals surface area contributed by atoms with Crippen LogP contribution >= 0.6 is 0 Å². The molecule has 0 radical (unpaired) electrons. The Balaban J connectivity index is 1.23. The van der Waals surface area contributed by atoms with Crippen molar-refractivity contribution in [1.82, 2.24) is 0 Å². The molecule has 0 spiro atoms. The van der Waals surface area contributed by atoms with Gasteiger partial charge in [0.05, 0.1) is 12.7 Å². The van der Waals surface area contributed by atoms with Gasteiger partial charge in [-0.3, -0.25) is 9.59 Å². The molecule has 0 unspecified atom stereocenters. The summed E-state index contributed by atoms with van der Waals surface area (Å²) in [6.07, 6.45) is 4.93. The summed E-state index contributed by atoms with van der Waals surface area (Å²) in [5, 5.41) is 5.82. The molecule has 5 rings (SSSR count). The zero-order valence-electron chi connectivity index (χ0n) is 16.4. The Morgan fingerprint density at radius 1 is 1.00 bits per heavy atom. The van der Waals surface area contributed by atoms with Gasteiger partial charge in [-0.15, -0.1) is 0 Å².